The maximum Gasteiger partial charge on any atom is 0.326 e. The molecule has 0 aromatic rings. The summed E-state index contributed by atoms with van der Waals surface area (Å²) in [5, 5.41) is 46.6. The highest BCUT2D eigenvalue weighted by atomic mass is 31.2. The quantitative estimate of drug-likeness (QED) is 0.252. The molecule has 0 saturated heterocycles. The van der Waals surface area contributed by atoms with Crippen LogP contribution in [0.25, 0.3) is 0 Å². The number of rotatable bonds is 2. The average molecular weight is 258 g/mol. The first-order valence-electron chi connectivity index (χ1n) is 4.60. The Bertz CT molecular complexity index is 274. The maximum absolute atomic E-state index is 10.7. The van der Waals surface area contributed by atoms with Crippen LogP contribution in [-0.2, 0) is 4.57 Å². The highest BCUT2D eigenvalue weighted by Gasteiger charge is 2.49. The van der Waals surface area contributed by atoms with Gasteiger partial charge in [-0.15, -0.1) is 0 Å². The van der Waals surface area contributed by atoms with Gasteiger partial charge < -0.3 is 35.3 Å². The Morgan fingerprint density at radius 1 is 0.750 bits per heavy atom. The first-order chi connectivity index (χ1) is 7.15. The minimum Gasteiger partial charge on any atom is -0.390 e. The highest BCUT2D eigenvalue weighted by molar-refractivity contribution is 7.51. The summed E-state index contributed by atoms with van der Waals surface area (Å²) < 4.78 is 10.7. The lowest BCUT2D eigenvalue weighted by Crippen LogP contribution is -2.61. The van der Waals surface area contributed by atoms with Crippen molar-refractivity contribution in [2.45, 2.75) is 30.5 Å². The van der Waals surface area contributed by atoms with Gasteiger partial charge in [-0.3, -0.25) is 4.57 Å². The molecule has 1 aliphatic rings. The first-order valence-corrected chi connectivity index (χ1v) is 6.40. The molecule has 96 valence electrons. The Labute approximate surface area is 90.9 Å². The molecule has 9 heteroatoms. The van der Waals surface area contributed by atoms with Gasteiger partial charge in [0.2, 0.25) is 0 Å². The van der Waals surface area contributed by atoms with E-state index in [0.717, 1.165) is 0 Å². The van der Waals surface area contributed by atoms with Gasteiger partial charge in [-0.05, 0) is 0 Å². The molecule has 6 atom stereocenters. The highest BCUT2D eigenvalue weighted by Crippen LogP contribution is 2.41. The summed E-state index contributed by atoms with van der Waals surface area (Å²) in [6.45, 7) is 0. The van der Waals surface area contributed by atoms with Gasteiger partial charge in [0.1, 0.15) is 18.3 Å². The normalized spacial score (nSPS) is 45.7. The molecule has 2 unspecified atom stereocenters. The van der Waals surface area contributed by atoms with Crippen molar-refractivity contribution < 1.29 is 39.9 Å². The minimum absolute atomic E-state index is 0.879. The largest absolute Gasteiger partial charge is 0.390 e. The molecule has 0 amide bonds. The van der Waals surface area contributed by atoms with Crippen molar-refractivity contribution in [3.05, 3.63) is 0 Å². The Kier molecular flexibility index (Phi) is 4.09. The SMILES string of the molecule is O=P(O)(O)CC1[C@H](O)[C@H](O)C(O)[C@H](O)[C@H]1O. The fraction of sp³-hybridized carbons (Fsp3) is 1.00. The third kappa shape index (κ3) is 2.79. The number of hydrogen-bond acceptors (Lipinski definition) is 6. The van der Waals surface area contributed by atoms with Crippen LogP contribution in [-0.4, -0.2) is 72.0 Å². The predicted molar refractivity (Wildman–Crippen MR) is 50.4 cm³/mol. The molecule has 16 heavy (non-hydrogen) atoms. The fourth-order valence-electron chi connectivity index (χ4n) is 1.81. The van der Waals surface area contributed by atoms with Gasteiger partial charge in [-0.25, -0.2) is 0 Å². The Hall–Kier alpha value is -0.0500. The van der Waals surface area contributed by atoms with Crippen LogP contribution in [0.2, 0.25) is 0 Å². The van der Waals surface area contributed by atoms with Crippen molar-refractivity contribution >= 4 is 7.60 Å². The number of hydrogen-bond donors (Lipinski definition) is 7. The summed E-state index contributed by atoms with van der Waals surface area (Å²) in [5.41, 5.74) is 0. The molecule has 0 aliphatic heterocycles. The van der Waals surface area contributed by atoms with E-state index >= 15 is 0 Å². The third-order valence-corrected chi connectivity index (χ3v) is 3.62. The van der Waals surface area contributed by atoms with Crippen LogP contribution >= 0.6 is 7.60 Å². The van der Waals surface area contributed by atoms with Gasteiger partial charge in [0.05, 0.1) is 18.4 Å². The molecule has 1 rings (SSSR count). The van der Waals surface area contributed by atoms with Crippen LogP contribution in [0.5, 0.6) is 0 Å². The summed E-state index contributed by atoms with van der Waals surface area (Å²) in [7, 11) is -4.51. The van der Waals surface area contributed by atoms with Crippen molar-refractivity contribution in [1.29, 1.82) is 0 Å². The average Bonchev–Trinajstić information content (AvgIpc) is 2.17. The van der Waals surface area contributed by atoms with Crippen LogP contribution in [0.4, 0.5) is 0 Å². The molecular weight excluding hydrogens is 243 g/mol. The van der Waals surface area contributed by atoms with E-state index in [9.17, 15) is 30.1 Å². The molecule has 0 bridgehead atoms. The van der Waals surface area contributed by atoms with Crippen molar-refractivity contribution in [3.63, 3.8) is 0 Å². The number of aliphatic hydroxyl groups is 5. The molecule has 8 nitrogen and oxygen atoms in total. The van der Waals surface area contributed by atoms with E-state index in [4.69, 9.17) is 9.79 Å². The zero-order chi connectivity index (χ0) is 12.7. The van der Waals surface area contributed by atoms with Gasteiger partial charge in [0.15, 0.2) is 0 Å². The van der Waals surface area contributed by atoms with Gasteiger partial charge in [-0.2, -0.15) is 0 Å². The summed E-state index contributed by atoms with van der Waals surface area (Å²) in [6, 6.07) is 0. The lowest BCUT2D eigenvalue weighted by molar-refractivity contribution is -0.199. The summed E-state index contributed by atoms with van der Waals surface area (Å²) >= 11 is 0. The molecule has 0 aromatic heterocycles. The zero-order valence-electron chi connectivity index (χ0n) is 8.16. The second-order valence-corrected chi connectivity index (χ2v) is 5.66. The molecule has 7 N–H and O–H groups in total. The first kappa shape index (κ1) is 14.0. The maximum atomic E-state index is 10.7. The molecule has 0 spiro atoms. The molecule has 0 heterocycles. The molecule has 1 aliphatic carbocycles. The lowest BCUT2D eigenvalue weighted by atomic mass is 9.79. The monoisotopic (exact) mass is 258 g/mol. The molecular formula is C7H15O8P. The summed E-state index contributed by atoms with van der Waals surface area (Å²) in [4.78, 5) is 17.4. The van der Waals surface area contributed by atoms with E-state index in [0.29, 0.717) is 0 Å². The molecule has 1 saturated carbocycles. The van der Waals surface area contributed by atoms with Crippen molar-refractivity contribution in [2.24, 2.45) is 5.92 Å². The van der Waals surface area contributed by atoms with Crippen molar-refractivity contribution in [3.8, 4) is 0 Å². The van der Waals surface area contributed by atoms with E-state index in [1.54, 1.807) is 0 Å². The van der Waals surface area contributed by atoms with E-state index in [1.165, 1.54) is 0 Å². The predicted octanol–water partition coefficient (Wildman–Crippen LogP) is -3.40. The van der Waals surface area contributed by atoms with Crippen LogP contribution in [0.3, 0.4) is 0 Å². The van der Waals surface area contributed by atoms with Crippen LogP contribution in [0, 0.1) is 5.92 Å². The van der Waals surface area contributed by atoms with Crippen molar-refractivity contribution in [2.75, 3.05) is 6.16 Å². The van der Waals surface area contributed by atoms with Crippen LogP contribution < -0.4 is 0 Å². The second-order valence-electron chi connectivity index (χ2n) is 3.96. The molecule has 0 radical (unpaired) electrons. The second kappa shape index (κ2) is 4.67. The van der Waals surface area contributed by atoms with Gasteiger partial charge >= 0.3 is 7.60 Å². The van der Waals surface area contributed by atoms with E-state index in [-0.39, 0.29) is 0 Å². The van der Waals surface area contributed by atoms with E-state index < -0.39 is 50.2 Å². The molecule has 0 aromatic carbocycles. The third-order valence-electron chi connectivity index (χ3n) is 2.73. The fourth-order valence-corrected chi connectivity index (χ4v) is 2.79. The lowest BCUT2D eigenvalue weighted by Gasteiger charge is -2.41. The summed E-state index contributed by atoms with van der Waals surface area (Å²) in [6.07, 6.45) is -9.55. The van der Waals surface area contributed by atoms with Crippen LogP contribution in [0.15, 0.2) is 0 Å². The standard InChI is InChI=1S/C7H15O8P/c8-3-2(1-16(13,14)15)4(9)6(11)7(12)5(3)10/h2-12H,1H2,(H2,13,14,15)/t2?,3-,4-,5-,6+,7?/m0/s1. The topological polar surface area (TPSA) is 159 Å². The summed E-state index contributed by atoms with van der Waals surface area (Å²) in [5.74, 6) is -1.39. The Balaban J connectivity index is 2.87. The Morgan fingerprint density at radius 2 is 1.06 bits per heavy atom. The smallest absolute Gasteiger partial charge is 0.326 e. The molecule has 1 fully saturated rings. The van der Waals surface area contributed by atoms with Gasteiger partial charge in [-0.1, -0.05) is 0 Å². The van der Waals surface area contributed by atoms with Crippen molar-refractivity contribution in [1.82, 2.24) is 0 Å². The number of aliphatic hydroxyl groups excluding tert-OH is 5. The van der Waals surface area contributed by atoms with Gasteiger partial charge in [0.25, 0.3) is 0 Å². The van der Waals surface area contributed by atoms with Gasteiger partial charge in [0, 0.05) is 5.92 Å². The minimum atomic E-state index is -4.51. The Morgan fingerprint density at radius 3 is 1.38 bits per heavy atom. The van der Waals surface area contributed by atoms with E-state index in [1.807, 2.05) is 0 Å². The zero-order valence-corrected chi connectivity index (χ0v) is 9.05. The van der Waals surface area contributed by atoms with Crippen LogP contribution in [0.1, 0.15) is 0 Å². The van der Waals surface area contributed by atoms with E-state index in [2.05, 4.69) is 0 Å².